The minimum Gasteiger partial charge on any atom is -0.493 e. The molecule has 1 aliphatic heterocycles. The van der Waals surface area contributed by atoms with Gasteiger partial charge in [-0.15, -0.1) is 0 Å². The lowest BCUT2D eigenvalue weighted by atomic mass is 9.91. The van der Waals surface area contributed by atoms with Gasteiger partial charge in [-0.25, -0.2) is 4.79 Å². The molecule has 3 rings (SSSR count). The lowest BCUT2D eigenvalue weighted by molar-refractivity contribution is 0.189. The summed E-state index contributed by atoms with van der Waals surface area (Å²) in [4.78, 5) is 14.8. The molecule has 0 aliphatic carbocycles. The first-order valence-electron chi connectivity index (χ1n) is 9.66. The third-order valence-electron chi connectivity index (χ3n) is 5.29. The fourth-order valence-electron chi connectivity index (χ4n) is 3.70. The lowest BCUT2D eigenvalue weighted by Gasteiger charge is -2.37. The van der Waals surface area contributed by atoms with E-state index >= 15 is 0 Å². The Balaban J connectivity index is 1.74. The first kappa shape index (κ1) is 20.0. The number of hydrogen-bond acceptors (Lipinski definition) is 4. The molecular weight excluding hydrogens is 354 g/mol. The first-order chi connectivity index (χ1) is 13.5. The number of carbonyl (C=O) groups excluding carboxylic acids is 1. The Morgan fingerprint density at radius 2 is 1.82 bits per heavy atom. The number of carbonyl (C=O) groups is 1. The third-order valence-corrected chi connectivity index (χ3v) is 5.29. The Hall–Kier alpha value is -2.73. The molecular formula is C22H29N3O3. The monoisotopic (exact) mass is 383 g/mol. The van der Waals surface area contributed by atoms with E-state index in [4.69, 9.17) is 9.47 Å². The van der Waals surface area contributed by atoms with E-state index in [-0.39, 0.29) is 12.1 Å². The molecule has 0 aromatic heterocycles. The van der Waals surface area contributed by atoms with Gasteiger partial charge in [-0.05, 0) is 55.3 Å². The Labute approximate surface area is 166 Å². The van der Waals surface area contributed by atoms with Gasteiger partial charge in [0, 0.05) is 18.8 Å². The maximum absolute atomic E-state index is 12.4. The average Bonchev–Trinajstić information content (AvgIpc) is 2.72. The number of urea groups is 1. The van der Waals surface area contributed by atoms with E-state index in [9.17, 15) is 4.79 Å². The second-order valence-electron chi connectivity index (χ2n) is 7.00. The first-order valence-corrected chi connectivity index (χ1v) is 9.66. The molecule has 0 bridgehead atoms. The van der Waals surface area contributed by atoms with Crippen LogP contribution in [0.4, 0.5) is 10.5 Å². The topological polar surface area (TPSA) is 62.8 Å². The molecule has 1 unspecified atom stereocenters. The van der Waals surface area contributed by atoms with Gasteiger partial charge >= 0.3 is 6.03 Å². The number of fused-ring (bicyclic) bond motifs is 1. The predicted octanol–water partition coefficient (Wildman–Crippen LogP) is 3.75. The summed E-state index contributed by atoms with van der Waals surface area (Å²) in [5, 5.41) is 5.92. The lowest BCUT2D eigenvalue weighted by Crippen LogP contribution is -2.43. The van der Waals surface area contributed by atoms with Crippen LogP contribution in [0.3, 0.4) is 0 Å². The van der Waals surface area contributed by atoms with Crippen LogP contribution in [0.25, 0.3) is 0 Å². The van der Waals surface area contributed by atoms with E-state index in [1.165, 1.54) is 11.1 Å². The minimum atomic E-state index is -0.201. The largest absolute Gasteiger partial charge is 0.493 e. The standard InChI is InChI=1S/C22H29N3O3/c1-5-25-11-10-16-12-20(27-3)21(28-4)13-18(16)19(25)14-23-22(26)24-17-8-6-15(2)7-9-17/h6-9,12-13,19H,5,10-11,14H2,1-4H3,(H2,23,24,26). The average molecular weight is 383 g/mol. The Morgan fingerprint density at radius 3 is 2.46 bits per heavy atom. The van der Waals surface area contributed by atoms with Gasteiger partial charge in [-0.1, -0.05) is 24.6 Å². The summed E-state index contributed by atoms with van der Waals surface area (Å²) in [6.45, 7) is 6.55. The third kappa shape index (κ3) is 4.39. The Kier molecular flexibility index (Phi) is 6.41. The van der Waals surface area contributed by atoms with Gasteiger partial charge in [0.15, 0.2) is 11.5 Å². The van der Waals surface area contributed by atoms with Crippen molar-refractivity contribution in [1.29, 1.82) is 0 Å². The van der Waals surface area contributed by atoms with Gasteiger partial charge in [0.05, 0.1) is 20.3 Å². The predicted molar refractivity (Wildman–Crippen MR) is 111 cm³/mol. The van der Waals surface area contributed by atoms with Crippen molar-refractivity contribution in [3.8, 4) is 11.5 Å². The summed E-state index contributed by atoms with van der Waals surface area (Å²) in [7, 11) is 3.30. The zero-order chi connectivity index (χ0) is 20.1. The highest BCUT2D eigenvalue weighted by Gasteiger charge is 2.28. The molecule has 1 heterocycles. The van der Waals surface area contributed by atoms with E-state index in [2.05, 4.69) is 28.5 Å². The van der Waals surface area contributed by atoms with Crippen molar-refractivity contribution >= 4 is 11.7 Å². The number of aryl methyl sites for hydroxylation is 1. The van der Waals surface area contributed by atoms with Crippen molar-refractivity contribution in [2.45, 2.75) is 26.3 Å². The van der Waals surface area contributed by atoms with Crippen molar-refractivity contribution in [1.82, 2.24) is 10.2 Å². The van der Waals surface area contributed by atoms with Crippen LogP contribution in [0.2, 0.25) is 0 Å². The molecule has 2 aromatic rings. The van der Waals surface area contributed by atoms with E-state index in [1.54, 1.807) is 14.2 Å². The number of ether oxygens (including phenoxy) is 2. The number of anilines is 1. The zero-order valence-corrected chi connectivity index (χ0v) is 17.0. The smallest absolute Gasteiger partial charge is 0.319 e. The van der Waals surface area contributed by atoms with Crippen LogP contribution in [0.15, 0.2) is 36.4 Å². The summed E-state index contributed by atoms with van der Waals surface area (Å²) in [5.74, 6) is 1.46. The van der Waals surface area contributed by atoms with Crippen LogP contribution < -0.4 is 20.1 Å². The highest BCUT2D eigenvalue weighted by molar-refractivity contribution is 5.89. The highest BCUT2D eigenvalue weighted by atomic mass is 16.5. The van der Waals surface area contributed by atoms with E-state index < -0.39 is 0 Å². The number of likely N-dealkylation sites (N-methyl/N-ethyl adjacent to an activating group) is 1. The summed E-state index contributed by atoms with van der Waals surface area (Å²) in [5.41, 5.74) is 4.37. The van der Waals surface area contributed by atoms with E-state index in [1.807, 2.05) is 37.3 Å². The maximum Gasteiger partial charge on any atom is 0.319 e. The SMILES string of the molecule is CCN1CCc2cc(OC)c(OC)cc2C1CNC(=O)Nc1ccc(C)cc1. The van der Waals surface area contributed by atoms with Gasteiger partial charge in [-0.2, -0.15) is 0 Å². The fourth-order valence-corrected chi connectivity index (χ4v) is 3.70. The van der Waals surface area contributed by atoms with Crippen LogP contribution in [-0.4, -0.2) is 44.8 Å². The van der Waals surface area contributed by atoms with Crippen LogP contribution >= 0.6 is 0 Å². The second kappa shape index (κ2) is 8.97. The van der Waals surface area contributed by atoms with Crippen molar-refractivity contribution in [2.24, 2.45) is 0 Å². The van der Waals surface area contributed by atoms with Crippen LogP contribution in [0.5, 0.6) is 11.5 Å². The Bertz CT molecular complexity index is 821. The van der Waals surface area contributed by atoms with Gasteiger partial charge in [0.25, 0.3) is 0 Å². The molecule has 0 spiro atoms. The van der Waals surface area contributed by atoms with E-state index in [0.29, 0.717) is 12.3 Å². The van der Waals surface area contributed by atoms with Crippen LogP contribution in [0, 0.1) is 6.92 Å². The summed E-state index contributed by atoms with van der Waals surface area (Å²) >= 11 is 0. The fraction of sp³-hybridized carbons (Fsp3) is 0.409. The molecule has 28 heavy (non-hydrogen) atoms. The molecule has 1 atom stereocenters. The molecule has 1 aliphatic rings. The molecule has 0 saturated carbocycles. The number of amides is 2. The van der Waals surface area contributed by atoms with Crippen LogP contribution in [0.1, 0.15) is 29.7 Å². The van der Waals surface area contributed by atoms with Crippen molar-refractivity contribution in [3.63, 3.8) is 0 Å². The molecule has 2 N–H and O–H groups in total. The normalized spacial score (nSPS) is 16.2. The zero-order valence-electron chi connectivity index (χ0n) is 17.0. The molecule has 150 valence electrons. The number of benzene rings is 2. The summed E-state index contributed by atoms with van der Waals surface area (Å²) < 4.78 is 10.9. The Morgan fingerprint density at radius 1 is 1.14 bits per heavy atom. The highest BCUT2D eigenvalue weighted by Crippen LogP contribution is 2.37. The molecule has 0 saturated heterocycles. The molecule has 2 aromatic carbocycles. The van der Waals surface area contributed by atoms with Gasteiger partial charge in [0.1, 0.15) is 0 Å². The van der Waals surface area contributed by atoms with Gasteiger partial charge in [-0.3, -0.25) is 4.90 Å². The van der Waals surface area contributed by atoms with Crippen LogP contribution in [-0.2, 0) is 6.42 Å². The maximum atomic E-state index is 12.4. The minimum absolute atomic E-state index is 0.0947. The summed E-state index contributed by atoms with van der Waals surface area (Å²) in [6, 6.07) is 11.8. The number of rotatable bonds is 6. The number of nitrogens with one attached hydrogen (secondary N) is 2. The molecule has 6 nitrogen and oxygen atoms in total. The van der Waals surface area contributed by atoms with Crippen molar-refractivity contribution in [3.05, 3.63) is 53.1 Å². The summed E-state index contributed by atoms with van der Waals surface area (Å²) in [6.07, 6.45) is 0.954. The van der Waals surface area contributed by atoms with E-state index in [0.717, 1.165) is 36.5 Å². The van der Waals surface area contributed by atoms with Gasteiger partial charge in [0.2, 0.25) is 0 Å². The van der Waals surface area contributed by atoms with Crippen molar-refractivity contribution < 1.29 is 14.3 Å². The number of hydrogen-bond donors (Lipinski definition) is 2. The molecule has 2 amide bonds. The second-order valence-corrected chi connectivity index (χ2v) is 7.00. The number of nitrogens with zero attached hydrogens (tertiary/aromatic N) is 1. The van der Waals surface area contributed by atoms with Crippen molar-refractivity contribution in [2.75, 3.05) is 39.2 Å². The molecule has 6 heteroatoms. The molecule has 0 radical (unpaired) electrons. The van der Waals surface area contributed by atoms with Gasteiger partial charge < -0.3 is 20.1 Å². The number of methoxy groups -OCH3 is 2. The molecule has 0 fully saturated rings. The quantitative estimate of drug-likeness (QED) is 0.797.